The van der Waals surface area contributed by atoms with Crippen LogP contribution in [0, 0.1) is 0 Å². The van der Waals surface area contributed by atoms with Crippen molar-refractivity contribution in [3.63, 3.8) is 0 Å². The molecular formula is C16H17N3O4. The average molecular weight is 315 g/mol. The SMILES string of the molecule is CCC1(c2ccc(OC)cc2)NC(=O)N(Cc2ccon2)C1=O. The van der Waals surface area contributed by atoms with Gasteiger partial charge in [-0.15, -0.1) is 0 Å². The van der Waals surface area contributed by atoms with Crippen LogP contribution in [0.2, 0.25) is 0 Å². The minimum absolute atomic E-state index is 0.0824. The van der Waals surface area contributed by atoms with E-state index in [9.17, 15) is 9.59 Å². The van der Waals surface area contributed by atoms with E-state index in [-0.39, 0.29) is 12.5 Å². The van der Waals surface area contributed by atoms with E-state index in [1.54, 1.807) is 37.4 Å². The number of nitrogens with zero attached hydrogens (tertiary/aromatic N) is 2. The van der Waals surface area contributed by atoms with Gasteiger partial charge in [0.2, 0.25) is 0 Å². The molecular weight excluding hydrogens is 298 g/mol. The van der Waals surface area contributed by atoms with Gasteiger partial charge in [-0.1, -0.05) is 24.2 Å². The van der Waals surface area contributed by atoms with E-state index in [1.807, 2.05) is 6.92 Å². The lowest BCUT2D eigenvalue weighted by Crippen LogP contribution is -2.43. The zero-order valence-electron chi connectivity index (χ0n) is 12.9. The number of aromatic nitrogens is 1. The van der Waals surface area contributed by atoms with Gasteiger partial charge in [0.1, 0.15) is 23.2 Å². The summed E-state index contributed by atoms with van der Waals surface area (Å²) in [5.74, 6) is 0.398. The molecule has 0 spiro atoms. The van der Waals surface area contributed by atoms with Crippen molar-refractivity contribution in [1.82, 2.24) is 15.4 Å². The van der Waals surface area contributed by atoms with Crippen LogP contribution in [-0.4, -0.2) is 29.1 Å². The highest BCUT2D eigenvalue weighted by Gasteiger charge is 2.51. The molecule has 1 fully saturated rings. The van der Waals surface area contributed by atoms with Crippen molar-refractivity contribution in [3.8, 4) is 5.75 Å². The summed E-state index contributed by atoms with van der Waals surface area (Å²) in [6.45, 7) is 1.95. The molecule has 2 heterocycles. The molecule has 0 bridgehead atoms. The van der Waals surface area contributed by atoms with Gasteiger partial charge in [-0.3, -0.25) is 9.69 Å². The van der Waals surface area contributed by atoms with Crippen molar-refractivity contribution in [2.75, 3.05) is 7.11 Å². The number of carbonyl (C=O) groups is 2. The maximum absolute atomic E-state index is 12.9. The molecule has 2 aromatic rings. The van der Waals surface area contributed by atoms with Gasteiger partial charge in [0.05, 0.1) is 13.7 Å². The van der Waals surface area contributed by atoms with Gasteiger partial charge >= 0.3 is 6.03 Å². The number of urea groups is 1. The number of amides is 3. The summed E-state index contributed by atoms with van der Waals surface area (Å²) in [6.07, 6.45) is 1.85. The number of hydrogen-bond acceptors (Lipinski definition) is 5. The molecule has 120 valence electrons. The average Bonchev–Trinajstić information content (AvgIpc) is 3.17. The van der Waals surface area contributed by atoms with Crippen LogP contribution in [0.1, 0.15) is 24.6 Å². The minimum Gasteiger partial charge on any atom is -0.497 e. The molecule has 1 atom stereocenters. The molecule has 0 saturated carbocycles. The summed E-state index contributed by atoms with van der Waals surface area (Å²) >= 11 is 0. The van der Waals surface area contributed by atoms with Crippen molar-refractivity contribution >= 4 is 11.9 Å². The predicted molar refractivity (Wildman–Crippen MR) is 80.5 cm³/mol. The van der Waals surface area contributed by atoms with E-state index in [1.165, 1.54) is 6.26 Å². The molecule has 1 N–H and O–H groups in total. The topological polar surface area (TPSA) is 84.7 Å². The maximum atomic E-state index is 12.9. The van der Waals surface area contributed by atoms with Crippen molar-refractivity contribution in [2.45, 2.75) is 25.4 Å². The zero-order chi connectivity index (χ0) is 16.4. The molecule has 1 aromatic carbocycles. The molecule has 3 amide bonds. The van der Waals surface area contributed by atoms with Crippen molar-refractivity contribution < 1.29 is 18.8 Å². The number of benzene rings is 1. The number of ether oxygens (including phenoxy) is 1. The second-order valence-corrected chi connectivity index (χ2v) is 5.30. The van der Waals surface area contributed by atoms with E-state index in [4.69, 9.17) is 9.26 Å². The Balaban J connectivity index is 1.92. The van der Waals surface area contributed by atoms with Gasteiger partial charge in [0, 0.05) is 6.07 Å². The lowest BCUT2D eigenvalue weighted by atomic mass is 9.87. The third kappa shape index (κ3) is 2.44. The molecule has 0 radical (unpaired) electrons. The Labute approximate surface area is 133 Å². The van der Waals surface area contributed by atoms with E-state index < -0.39 is 11.6 Å². The molecule has 1 unspecified atom stereocenters. The molecule has 0 aliphatic carbocycles. The van der Waals surface area contributed by atoms with Gasteiger partial charge < -0.3 is 14.6 Å². The van der Waals surface area contributed by atoms with Gasteiger partial charge in [-0.2, -0.15) is 0 Å². The van der Waals surface area contributed by atoms with Crippen LogP contribution in [0.25, 0.3) is 0 Å². The van der Waals surface area contributed by atoms with E-state index in [2.05, 4.69) is 10.5 Å². The minimum atomic E-state index is -1.06. The first-order valence-electron chi connectivity index (χ1n) is 7.28. The smallest absolute Gasteiger partial charge is 0.325 e. The number of hydrogen-bond donors (Lipinski definition) is 1. The third-order valence-electron chi connectivity index (χ3n) is 4.10. The molecule has 23 heavy (non-hydrogen) atoms. The van der Waals surface area contributed by atoms with Crippen LogP contribution in [0.4, 0.5) is 4.79 Å². The van der Waals surface area contributed by atoms with Crippen LogP contribution < -0.4 is 10.1 Å². The Hall–Kier alpha value is -2.83. The summed E-state index contributed by atoms with van der Waals surface area (Å²) in [5, 5.41) is 6.57. The first-order valence-corrected chi connectivity index (χ1v) is 7.28. The Bertz CT molecular complexity index is 711. The molecule has 7 nitrogen and oxygen atoms in total. The maximum Gasteiger partial charge on any atom is 0.325 e. The van der Waals surface area contributed by atoms with E-state index in [0.29, 0.717) is 17.9 Å². The Morgan fingerprint density at radius 1 is 1.26 bits per heavy atom. The number of methoxy groups -OCH3 is 1. The second kappa shape index (κ2) is 5.75. The van der Waals surface area contributed by atoms with Gasteiger partial charge in [-0.05, 0) is 24.1 Å². The highest BCUT2D eigenvalue weighted by Crippen LogP contribution is 2.33. The van der Waals surface area contributed by atoms with Crippen molar-refractivity contribution in [3.05, 3.63) is 47.9 Å². The summed E-state index contributed by atoms with van der Waals surface area (Å²) < 4.78 is 9.89. The predicted octanol–water partition coefficient (Wildman–Crippen LogP) is 2.04. The van der Waals surface area contributed by atoms with Crippen LogP contribution in [-0.2, 0) is 16.9 Å². The molecule has 1 aromatic heterocycles. The highest BCUT2D eigenvalue weighted by molar-refractivity contribution is 6.07. The van der Waals surface area contributed by atoms with E-state index >= 15 is 0 Å². The standard InChI is InChI=1S/C16H17N3O4/c1-3-16(11-4-6-13(22-2)7-5-11)14(20)19(15(21)17-16)10-12-8-9-23-18-12/h4-9H,3,10H2,1-2H3,(H,17,21). The first kappa shape index (κ1) is 15.1. The van der Waals surface area contributed by atoms with Gasteiger partial charge in [0.25, 0.3) is 5.91 Å². The Morgan fingerprint density at radius 2 is 2.00 bits per heavy atom. The van der Waals surface area contributed by atoms with Crippen LogP contribution >= 0.6 is 0 Å². The monoisotopic (exact) mass is 315 g/mol. The summed E-state index contributed by atoms with van der Waals surface area (Å²) in [5.41, 5.74) is 0.185. The highest BCUT2D eigenvalue weighted by atomic mass is 16.5. The van der Waals surface area contributed by atoms with Crippen molar-refractivity contribution in [1.29, 1.82) is 0 Å². The lowest BCUT2D eigenvalue weighted by molar-refractivity contribution is -0.132. The zero-order valence-corrected chi connectivity index (χ0v) is 12.9. The van der Waals surface area contributed by atoms with Crippen LogP contribution in [0.3, 0.4) is 0 Å². The fraction of sp³-hybridized carbons (Fsp3) is 0.312. The summed E-state index contributed by atoms with van der Waals surface area (Å²) in [7, 11) is 1.58. The van der Waals surface area contributed by atoms with E-state index in [0.717, 1.165) is 10.5 Å². The number of carbonyl (C=O) groups excluding carboxylic acids is 2. The normalized spacial score (nSPS) is 20.7. The summed E-state index contributed by atoms with van der Waals surface area (Å²) in [6, 6.07) is 8.31. The molecule has 7 heteroatoms. The molecule has 1 aliphatic heterocycles. The van der Waals surface area contributed by atoms with Gasteiger partial charge in [0.15, 0.2) is 0 Å². The fourth-order valence-corrected chi connectivity index (χ4v) is 2.77. The molecule has 1 saturated heterocycles. The fourth-order valence-electron chi connectivity index (χ4n) is 2.77. The number of nitrogens with one attached hydrogen (secondary N) is 1. The third-order valence-corrected chi connectivity index (χ3v) is 4.10. The van der Waals surface area contributed by atoms with Crippen molar-refractivity contribution in [2.24, 2.45) is 0 Å². The summed E-state index contributed by atoms with van der Waals surface area (Å²) in [4.78, 5) is 26.4. The lowest BCUT2D eigenvalue weighted by Gasteiger charge is -2.25. The quantitative estimate of drug-likeness (QED) is 0.854. The first-order chi connectivity index (χ1) is 11.1. The van der Waals surface area contributed by atoms with Gasteiger partial charge in [-0.25, -0.2) is 4.79 Å². The molecule has 1 aliphatic rings. The van der Waals surface area contributed by atoms with Crippen LogP contribution in [0.5, 0.6) is 5.75 Å². The number of imide groups is 1. The largest absolute Gasteiger partial charge is 0.497 e. The Kier molecular flexibility index (Phi) is 3.77. The second-order valence-electron chi connectivity index (χ2n) is 5.30. The Morgan fingerprint density at radius 3 is 2.57 bits per heavy atom. The molecule has 3 rings (SSSR count). The number of rotatable bonds is 5. The van der Waals surface area contributed by atoms with Crippen LogP contribution in [0.15, 0.2) is 41.1 Å².